The summed E-state index contributed by atoms with van der Waals surface area (Å²) in [6.07, 6.45) is 2.98. The Bertz CT molecular complexity index is 1190. The number of piperidine rings is 2. The number of rotatable bonds is 4. The lowest BCUT2D eigenvalue weighted by atomic mass is 9.75. The van der Waals surface area contributed by atoms with E-state index in [-0.39, 0.29) is 29.5 Å². The fourth-order valence-electron chi connectivity index (χ4n) is 5.66. The molecule has 0 saturated carbocycles. The van der Waals surface area contributed by atoms with Crippen molar-refractivity contribution in [2.75, 3.05) is 6.54 Å². The minimum atomic E-state index is -0.854. The second-order valence-corrected chi connectivity index (χ2v) is 10.8. The Morgan fingerprint density at radius 2 is 1.91 bits per heavy atom. The van der Waals surface area contributed by atoms with Gasteiger partial charge in [-0.3, -0.25) is 24.0 Å². The molecule has 2 aromatic rings. The normalized spacial score (nSPS) is 23.9. The smallest absolute Gasteiger partial charge is 0.407 e. The predicted octanol–water partition coefficient (Wildman–Crippen LogP) is 3.06. The van der Waals surface area contributed by atoms with Gasteiger partial charge < -0.3 is 10.0 Å². The van der Waals surface area contributed by atoms with E-state index in [4.69, 9.17) is 0 Å². The monoisotopic (exact) mass is 470 g/mol. The number of carboxylic acid groups (broad SMARTS) is 1. The summed E-state index contributed by atoms with van der Waals surface area (Å²) in [6.45, 7) is 6.80. The van der Waals surface area contributed by atoms with E-state index in [0.717, 1.165) is 36.8 Å². The van der Waals surface area contributed by atoms with E-state index >= 15 is 0 Å². The Kier molecular flexibility index (Phi) is 6.31. The molecule has 2 aliphatic rings. The lowest BCUT2D eigenvalue weighted by Crippen LogP contribution is -2.51. The zero-order chi connectivity index (χ0) is 24.8. The van der Waals surface area contributed by atoms with Crippen LogP contribution in [0.1, 0.15) is 64.5 Å². The number of hydrogen-bond acceptors (Lipinski definition) is 4. The third kappa shape index (κ3) is 4.35. The van der Waals surface area contributed by atoms with Crippen LogP contribution in [0.4, 0.5) is 4.79 Å². The largest absolute Gasteiger partial charge is 0.465 e. The van der Waals surface area contributed by atoms with Gasteiger partial charge in [0.1, 0.15) is 6.04 Å². The summed E-state index contributed by atoms with van der Waals surface area (Å²) in [6, 6.07) is 5.05. The molecular formula is C25H34N4O5. The summed E-state index contributed by atoms with van der Waals surface area (Å²) >= 11 is 0. The Balaban J connectivity index is 1.58. The minimum Gasteiger partial charge on any atom is -0.465 e. The highest BCUT2D eigenvalue weighted by Crippen LogP contribution is 2.36. The van der Waals surface area contributed by atoms with Crippen molar-refractivity contribution in [1.82, 2.24) is 19.4 Å². The van der Waals surface area contributed by atoms with Gasteiger partial charge in [0.2, 0.25) is 11.8 Å². The van der Waals surface area contributed by atoms with Gasteiger partial charge in [-0.2, -0.15) is 0 Å². The van der Waals surface area contributed by atoms with Crippen LogP contribution in [-0.2, 0) is 23.1 Å². The van der Waals surface area contributed by atoms with Gasteiger partial charge in [-0.1, -0.05) is 32.9 Å². The lowest BCUT2D eigenvalue weighted by Gasteiger charge is -2.44. The van der Waals surface area contributed by atoms with Crippen LogP contribution in [0.2, 0.25) is 0 Å². The molecule has 2 N–H and O–H groups in total. The number of nitrogens with zero attached hydrogens (tertiary/aromatic N) is 3. The van der Waals surface area contributed by atoms with E-state index in [9.17, 15) is 24.3 Å². The molecular weight excluding hydrogens is 436 g/mol. The van der Waals surface area contributed by atoms with E-state index in [1.807, 2.05) is 18.2 Å². The Morgan fingerprint density at radius 1 is 1.18 bits per heavy atom. The van der Waals surface area contributed by atoms with E-state index in [0.29, 0.717) is 24.4 Å². The van der Waals surface area contributed by atoms with Gasteiger partial charge in [-0.15, -0.1) is 0 Å². The molecule has 4 rings (SSSR count). The highest BCUT2D eigenvalue weighted by atomic mass is 16.4. The number of benzene rings is 1. The molecule has 2 fully saturated rings. The van der Waals surface area contributed by atoms with Crippen molar-refractivity contribution in [1.29, 1.82) is 0 Å². The average Bonchev–Trinajstić information content (AvgIpc) is 3.02. The SMILES string of the molecule is Cn1c(=O)n(C2CCC(=O)NC2=O)c2cccc(CCC3CCN(C(=O)O)C(C(C)(C)C)C3)c21. The number of likely N-dealkylation sites (tertiary alicyclic amines) is 1. The molecule has 3 atom stereocenters. The van der Waals surface area contributed by atoms with E-state index in [2.05, 4.69) is 26.1 Å². The second kappa shape index (κ2) is 8.92. The number of aryl methyl sites for hydroxylation is 2. The number of para-hydroxylation sites is 1. The molecule has 34 heavy (non-hydrogen) atoms. The molecule has 1 aromatic heterocycles. The standard InChI is InChI=1S/C25H34N4O5/c1-25(2,3)19-14-15(12-13-28(19)24(33)34)8-9-16-6-5-7-17-21(16)27(4)23(32)29(17)18-10-11-20(30)26-22(18)31/h5-7,15,18-19H,8-14H2,1-4H3,(H,33,34)(H,26,30,31). The van der Waals surface area contributed by atoms with Crippen molar-refractivity contribution in [2.45, 2.75) is 71.4 Å². The van der Waals surface area contributed by atoms with Crippen molar-refractivity contribution in [3.63, 3.8) is 0 Å². The summed E-state index contributed by atoms with van der Waals surface area (Å²) in [7, 11) is 1.72. The number of amides is 3. The van der Waals surface area contributed by atoms with E-state index in [1.54, 1.807) is 16.5 Å². The summed E-state index contributed by atoms with van der Waals surface area (Å²) in [5, 5.41) is 12.0. The minimum absolute atomic E-state index is 0.0301. The van der Waals surface area contributed by atoms with E-state index < -0.39 is 18.0 Å². The van der Waals surface area contributed by atoms with Crippen molar-refractivity contribution in [2.24, 2.45) is 18.4 Å². The lowest BCUT2D eigenvalue weighted by molar-refractivity contribution is -0.135. The number of nitrogens with one attached hydrogen (secondary N) is 1. The maximum atomic E-state index is 13.1. The first-order valence-electron chi connectivity index (χ1n) is 12.0. The van der Waals surface area contributed by atoms with Crippen LogP contribution in [-0.4, -0.2) is 49.6 Å². The Labute approximate surface area is 198 Å². The van der Waals surface area contributed by atoms with Crippen LogP contribution in [0.15, 0.2) is 23.0 Å². The van der Waals surface area contributed by atoms with Crippen molar-refractivity contribution in [3.8, 4) is 0 Å². The molecule has 3 unspecified atom stereocenters. The van der Waals surface area contributed by atoms with Crippen LogP contribution in [0.5, 0.6) is 0 Å². The van der Waals surface area contributed by atoms with E-state index in [1.165, 1.54) is 4.57 Å². The number of imide groups is 1. The Hall–Kier alpha value is -3.10. The summed E-state index contributed by atoms with van der Waals surface area (Å²) in [5.74, 6) is -0.350. The highest BCUT2D eigenvalue weighted by Gasteiger charge is 2.38. The predicted molar refractivity (Wildman–Crippen MR) is 128 cm³/mol. The Morgan fingerprint density at radius 3 is 2.56 bits per heavy atom. The first-order valence-corrected chi connectivity index (χ1v) is 12.0. The van der Waals surface area contributed by atoms with Crippen molar-refractivity contribution < 1.29 is 19.5 Å². The van der Waals surface area contributed by atoms with Gasteiger partial charge in [-0.05, 0) is 55.1 Å². The number of carbonyl (C=O) groups is 3. The molecule has 0 spiro atoms. The molecule has 3 amide bonds. The van der Waals surface area contributed by atoms with Crippen LogP contribution >= 0.6 is 0 Å². The number of fused-ring (bicyclic) bond motifs is 1. The molecule has 9 nitrogen and oxygen atoms in total. The molecule has 3 heterocycles. The topological polar surface area (TPSA) is 114 Å². The molecule has 2 aliphatic heterocycles. The second-order valence-electron chi connectivity index (χ2n) is 10.8. The first-order chi connectivity index (χ1) is 16.0. The third-order valence-electron chi connectivity index (χ3n) is 7.49. The highest BCUT2D eigenvalue weighted by molar-refractivity contribution is 6.00. The average molecular weight is 471 g/mol. The molecule has 9 heteroatoms. The molecule has 1 aromatic carbocycles. The fraction of sp³-hybridized carbons (Fsp3) is 0.600. The van der Waals surface area contributed by atoms with Gasteiger partial charge in [0.15, 0.2) is 0 Å². The van der Waals surface area contributed by atoms with Gasteiger partial charge in [-0.25, -0.2) is 9.59 Å². The molecule has 0 radical (unpaired) electrons. The zero-order valence-electron chi connectivity index (χ0n) is 20.3. The van der Waals surface area contributed by atoms with Crippen LogP contribution < -0.4 is 11.0 Å². The molecule has 0 aliphatic carbocycles. The maximum absolute atomic E-state index is 13.1. The van der Waals surface area contributed by atoms with Crippen molar-refractivity contribution >= 4 is 28.9 Å². The van der Waals surface area contributed by atoms with Gasteiger partial charge >= 0.3 is 11.8 Å². The van der Waals surface area contributed by atoms with Gasteiger partial charge in [0.05, 0.1) is 11.0 Å². The van der Waals surface area contributed by atoms with Crippen LogP contribution in [0, 0.1) is 11.3 Å². The number of imidazole rings is 1. The first kappa shape index (κ1) is 24.0. The molecule has 2 saturated heterocycles. The zero-order valence-corrected chi connectivity index (χ0v) is 20.3. The summed E-state index contributed by atoms with van der Waals surface area (Å²) in [5.41, 5.74) is 2.15. The van der Waals surface area contributed by atoms with Crippen LogP contribution in [0.3, 0.4) is 0 Å². The fourth-order valence-corrected chi connectivity index (χ4v) is 5.66. The number of hydrogen-bond donors (Lipinski definition) is 2. The van der Waals surface area contributed by atoms with Gasteiger partial charge in [0.25, 0.3) is 0 Å². The molecule has 184 valence electrons. The van der Waals surface area contributed by atoms with Crippen molar-refractivity contribution in [3.05, 3.63) is 34.2 Å². The third-order valence-corrected chi connectivity index (χ3v) is 7.49. The number of aromatic nitrogens is 2. The van der Waals surface area contributed by atoms with Crippen LogP contribution in [0.25, 0.3) is 11.0 Å². The molecule has 0 bridgehead atoms. The summed E-state index contributed by atoms with van der Waals surface area (Å²) in [4.78, 5) is 50.5. The summed E-state index contributed by atoms with van der Waals surface area (Å²) < 4.78 is 3.11. The van der Waals surface area contributed by atoms with Gasteiger partial charge in [0, 0.05) is 26.1 Å². The quantitative estimate of drug-likeness (QED) is 0.667. The number of carbonyl (C=O) groups excluding carboxylic acids is 2. The maximum Gasteiger partial charge on any atom is 0.407 e.